The molecule has 2 aromatic rings. The molecule has 1 heterocycles. The predicted octanol–water partition coefficient (Wildman–Crippen LogP) is 2.43. The van der Waals surface area contributed by atoms with Crippen LogP contribution in [0.3, 0.4) is 0 Å². The summed E-state index contributed by atoms with van der Waals surface area (Å²) < 4.78 is 0. The number of anilines is 1. The monoisotopic (exact) mass is 267 g/mol. The summed E-state index contributed by atoms with van der Waals surface area (Å²) in [7, 11) is 0. The zero-order chi connectivity index (χ0) is 14.3. The van der Waals surface area contributed by atoms with Gasteiger partial charge in [0.15, 0.2) is 0 Å². The number of amides is 2. The van der Waals surface area contributed by atoms with Gasteiger partial charge in [0.2, 0.25) is 5.91 Å². The molecule has 0 aromatic heterocycles. The van der Waals surface area contributed by atoms with E-state index in [9.17, 15) is 14.7 Å². The molecule has 1 N–H and O–H groups in total. The highest BCUT2D eigenvalue weighted by molar-refractivity contribution is 6.25. The van der Waals surface area contributed by atoms with Crippen LogP contribution in [0.15, 0.2) is 42.5 Å². The largest absolute Gasteiger partial charge is 0.508 e. The van der Waals surface area contributed by atoms with Crippen molar-refractivity contribution in [3.8, 4) is 5.75 Å². The zero-order valence-electron chi connectivity index (χ0n) is 11.0. The molecule has 100 valence electrons. The lowest BCUT2D eigenvalue weighted by molar-refractivity contribution is -0.117. The van der Waals surface area contributed by atoms with Gasteiger partial charge >= 0.3 is 0 Å². The van der Waals surface area contributed by atoms with Crippen LogP contribution in [-0.4, -0.2) is 16.9 Å². The van der Waals surface area contributed by atoms with E-state index >= 15 is 0 Å². The van der Waals surface area contributed by atoms with Crippen LogP contribution in [-0.2, 0) is 11.2 Å². The number of imide groups is 1. The van der Waals surface area contributed by atoms with Crippen molar-refractivity contribution < 1.29 is 14.7 Å². The van der Waals surface area contributed by atoms with Gasteiger partial charge in [0.05, 0.1) is 12.1 Å². The molecule has 0 saturated carbocycles. The van der Waals surface area contributed by atoms with Crippen LogP contribution >= 0.6 is 0 Å². The summed E-state index contributed by atoms with van der Waals surface area (Å²) in [6.45, 7) is 1.69. The van der Waals surface area contributed by atoms with E-state index in [1.807, 2.05) is 6.07 Å². The molecule has 2 amide bonds. The molecule has 0 radical (unpaired) electrons. The quantitative estimate of drug-likeness (QED) is 0.807. The van der Waals surface area contributed by atoms with Crippen LogP contribution in [0.25, 0.3) is 0 Å². The first-order valence-corrected chi connectivity index (χ1v) is 6.33. The van der Waals surface area contributed by atoms with Gasteiger partial charge in [-0.3, -0.25) is 9.59 Å². The van der Waals surface area contributed by atoms with Crippen molar-refractivity contribution in [2.24, 2.45) is 0 Å². The number of phenolic OH excluding ortho intramolecular Hbond substituents is 1. The molecule has 2 aromatic carbocycles. The lowest BCUT2D eigenvalue weighted by atomic mass is 9.97. The highest BCUT2D eigenvalue weighted by Crippen LogP contribution is 2.31. The average Bonchev–Trinajstić information content (AvgIpc) is 2.43. The first kappa shape index (κ1) is 12.4. The van der Waals surface area contributed by atoms with Gasteiger partial charge in [-0.25, -0.2) is 4.90 Å². The Morgan fingerprint density at radius 1 is 1.05 bits per heavy atom. The number of aromatic hydroxyl groups is 1. The molecular weight excluding hydrogens is 254 g/mol. The Kier molecular flexibility index (Phi) is 2.79. The van der Waals surface area contributed by atoms with Crippen molar-refractivity contribution in [2.45, 2.75) is 13.3 Å². The van der Waals surface area contributed by atoms with E-state index in [2.05, 4.69) is 0 Å². The molecule has 0 spiro atoms. The van der Waals surface area contributed by atoms with E-state index in [0.29, 0.717) is 16.8 Å². The maximum Gasteiger partial charge on any atom is 0.265 e. The van der Waals surface area contributed by atoms with Gasteiger partial charge in [-0.15, -0.1) is 0 Å². The lowest BCUT2D eigenvalue weighted by Crippen LogP contribution is -2.42. The van der Waals surface area contributed by atoms with E-state index in [1.54, 1.807) is 37.3 Å². The Balaban J connectivity index is 2.14. The van der Waals surface area contributed by atoms with Crippen molar-refractivity contribution in [2.75, 3.05) is 4.90 Å². The fourth-order valence-electron chi connectivity index (χ4n) is 2.46. The highest BCUT2D eigenvalue weighted by Gasteiger charge is 2.32. The predicted molar refractivity (Wildman–Crippen MR) is 74.8 cm³/mol. The first-order chi connectivity index (χ1) is 9.59. The van der Waals surface area contributed by atoms with Crippen molar-refractivity contribution in [1.82, 2.24) is 0 Å². The fourth-order valence-corrected chi connectivity index (χ4v) is 2.46. The van der Waals surface area contributed by atoms with Gasteiger partial charge in [0.25, 0.3) is 5.91 Å². The topological polar surface area (TPSA) is 57.6 Å². The van der Waals surface area contributed by atoms with Crippen molar-refractivity contribution in [3.63, 3.8) is 0 Å². The highest BCUT2D eigenvalue weighted by atomic mass is 16.3. The summed E-state index contributed by atoms with van der Waals surface area (Å²) in [6.07, 6.45) is 0.191. The van der Waals surface area contributed by atoms with Crippen molar-refractivity contribution in [3.05, 3.63) is 59.2 Å². The van der Waals surface area contributed by atoms with Crippen molar-refractivity contribution in [1.29, 1.82) is 0 Å². The van der Waals surface area contributed by atoms with Gasteiger partial charge in [0.1, 0.15) is 5.75 Å². The fraction of sp³-hybridized carbons (Fsp3) is 0.125. The molecule has 0 bridgehead atoms. The Hall–Kier alpha value is -2.62. The molecule has 0 unspecified atom stereocenters. The van der Waals surface area contributed by atoms with Gasteiger partial charge in [-0.2, -0.15) is 0 Å². The molecule has 4 heteroatoms. The second-order valence-electron chi connectivity index (χ2n) is 4.79. The van der Waals surface area contributed by atoms with Gasteiger partial charge in [-0.1, -0.05) is 24.3 Å². The van der Waals surface area contributed by atoms with Gasteiger partial charge < -0.3 is 5.11 Å². The molecule has 1 aliphatic heterocycles. The van der Waals surface area contributed by atoms with E-state index < -0.39 is 0 Å². The third kappa shape index (κ3) is 1.77. The number of hydrogen-bond donors (Lipinski definition) is 1. The number of fused-ring (bicyclic) bond motifs is 1. The normalized spacial score (nSPS) is 14.3. The summed E-state index contributed by atoms with van der Waals surface area (Å²) in [5.74, 6) is -0.546. The third-order valence-corrected chi connectivity index (χ3v) is 3.56. The minimum Gasteiger partial charge on any atom is -0.508 e. The van der Waals surface area contributed by atoms with Crippen LogP contribution in [0.1, 0.15) is 21.5 Å². The average molecular weight is 267 g/mol. The Morgan fingerprint density at radius 2 is 1.80 bits per heavy atom. The number of hydrogen-bond acceptors (Lipinski definition) is 3. The molecule has 0 saturated heterocycles. The Labute approximate surface area is 116 Å². The molecule has 1 aliphatic rings. The summed E-state index contributed by atoms with van der Waals surface area (Å²) in [5, 5.41) is 9.75. The van der Waals surface area contributed by atoms with Crippen molar-refractivity contribution >= 4 is 17.5 Å². The number of carbonyl (C=O) groups excluding carboxylic acids is 2. The second-order valence-corrected chi connectivity index (χ2v) is 4.79. The number of benzene rings is 2. The number of carbonyl (C=O) groups is 2. The summed E-state index contributed by atoms with van der Waals surface area (Å²) >= 11 is 0. The first-order valence-electron chi connectivity index (χ1n) is 6.33. The zero-order valence-corrected chi connectivity index (χ0v) is 11.0. The number of nitrogens with zero attached hydrogens (tertiary/aromatic N) is 1. The van der Waals surface area contributed by atoms with Crippen LogP contribution in [0.5, 0.6) is 5.75 Å². The summed E-state index contributed by atoms with van der Waals surface area (Å²) in [4.78, 5) is 25.9. The lowest BCUT2D eigenvalue weighted by Gasteiger charge is -2.28. The van der Waals surface area contributed by atoms with E-state index in [0.717, 1.165) is 10.5 Å². The smallest absolute Gasteiger partial charge is 0.265 e. The van der Waals surface area contributed by atoms with E-state index in [1.165, 1.54) is 6.07 Å². The standard InChI is InChI=1S/C16H13NO3/c1-10-13(7-4-8-14(10)18)17-15(19)9-11-5-2-3-6-12(11)16(17)20/h2-8,18H,9H2,1H3. The van der Waals surface area contributed by atoms with Crippen LogP contribution in [0.4, 0.5) is 5.69 Å². The van der Waals surface area contributed by atoms with E-state index in [-0.39, 0.29) is 24.0 Å². The molecule has 0 aliphatic carbocycles. The van der Waals surface area contributed by atoms with Crippen LogP contribution in [0.2, 0.25) is 0 Å². The number of phenols is 1. The molecular formula is C16H13NO3. The van der Waals surface area contributed by atoms with Gasteiger partial charge in [-0.05, 0) is 30.7 Å². The molecule has 3 rings (SSSR count). The summed E-state index contributed by atoms with van der Waals surface area (Å²) in [5.41, 5.74) is 2.24. The Morgan fingerprint density at radius 3 is 2.60 bits per heavy atom. The number of rotatable bonds is 1. The molecule has 0 fully saturated rings. The minimum absolute atomic E-state index is 0.0713. The summed E-state index contributed by atoms with van der Waals surface area (Å²) in [6, 6.07) is 11.9. The third-order valence-electron chi connectivity index (χ3n) is 3.56. The Bertz CT molecular complexity index is 721. The van der Waals surface area contributed by atoms with Crippen LogP contribution in [0, 0.1) is 6.92 Å². The maximum atomic E-state index is 12.5. The SMILES string of the molecule is Cc1c(O)cccc1N1C(=O)Cc2ccccc2C1=O. The second kappa shape index (κ2) is 4.49. The molecule has 4 nitrogen and oxygen atoms in total. The van der Waals surface area contributed by atoms with Gasteiger partial charge in [0, 0.05) is 11.1 Å². The van der Waals surface area contributed by atoms with Crippen LogP contribution < -0.4 is 4.90 Å². The maximum absolute atomic E-state index is 12.5. The minimum atomic E-state index is -0.342. The van der Waals surface area contributed by atoms with E-state index in [4.69, 9.17) is 0 Å². The molecule has 20 heavy (non-hydrogen) atoms. The molecule has 0 atom stereocenters.